The number of fused-ring (bicyclic) bond motifs is 3. The number of hydrogen-bond acceptors (Lipinski definition) is 5. The van der Waals surface area contributed by atoms with Crippen LogP contribution < -0.4 is 10.1 Å². The van der Waals surface area contributed by atoms with Crippen molar-refractivity contribution in [3.8, 4) is 5.75 Å². The zero-order valence-corrected chi connectivity index (χ0v) is 15.0. The Morgan fingerprint density at radius 1 is 1.27 bits per heavy atom. The maximum absolute atomic E-state index is 12.5. The second-order valence-corrected chi connectivity index (χ2v) is 6.52. The van der Waals surface area contributed by atoms with Crippen LogP contribution in [-0.2, 0) is 9.53 Å². The fraction of sp³-hybridized carbons (Fsp3) is 0.350. The molecule has 0 radical (unpaired) electrons. The van der Waals surface area contributed by atoms with E-state index in [9.17, 15) is 4.79 Å². The molecule has 6 heteroatoms. The fourth-order valence-electron chi connectivity index (χ4n) is 3.39. The number of ether oxygens (including phenoxy) is 2. The first-order chi connectivity index (χ1) is 12.7. The zero-order chi connectivity index (χ0) is 18.1. The number of methoxy groups -OCH3 is 1. The van der Waals surface area contributed by atoms with Crippen LogP contribution in [-0.4, -0.2) is 50.3 Å². The molecule has 0 spiro atoms. The Kier molecular flexibility index (Phi) is 4.42. The van der Waals surface area contributed by atoms with E-state index in [1.807, 2.05) is 48.2 Å². The Morgan fingerprint density at radius 2 is 2.12 bits per heavy atom. The first kappa shape index (κ1) is 16.7. The van der Waals surface area contributed by atoms with Crippen LogP contribution in [0.4, 0.5) is 5.69 Å². The standard InChI is InChI=1S/C20H22N2O4/c1-13-12-22(7-8-25-13)20(23)11-21-16-10-18-15(9-19(16)24-2)14-5-3-4-6-17(14)26-18/h3-6,9-10,13,21H,7-8,11-12H2,1-2H3/t13-/m0/s1. The third kappa shape index (κ3) is 3.08. The summed E-state index contributed by atoms with van der Waals surface area (Å²) in [4.78, 5) is 14.3. The molecule has 0 aliphatic carbocycles. The molecule has 1 N–H and O–H groups in total. The lowest BCUT2D eigenvalue weighted by atomic mass is 10.1. The average Bonchev–Trinajstić information content (AvgIpc) is 3.02. The number of nitrogens with zero attached hydrogens (tertiary/aromatic N) is 1. The molecule has 1 aliphatic rings. The molecule has 4 rings (SSSR count). The van der Waals surface area contributed by atoms with Crippen molar-refractivity contribution in [2.45, 2.75) is 13.0 Å². The minimum absolute atomic E-state index is 0.0481. The van der Waals surface area contributed by atoms with Crippen LogP contribution in [0, 0.1) is 0 Å². The molecule has 1 fully saturated rings. The monoisotopic (exact) mass is 354 g/mol. The van der Waals surface area contributed by atoms with E-state index < -0.39 is 0 Å². The third-order valence-electron chi connectivity index (χ3n) is 4.72. The zero-order valence-electron chi connectivity index (χ0n) is 15.0. The highest BCUT2D eigenvalue weighted by Gasteiger charge is 2.21. The molecule has 1 saturated heterocycles. The maximum Gasteiger partial charge on any atom is 0.242 e. The van der Waals surface area contributed by atoms with Crippen LogP contribution in [0.25, 0.3) is 21.9 Å². The highest BCUT2D eigenvalue weighted by Crippen LogP contribution is 2.36. The van der Waals surface area contributed by atoms with E-state index in [1.54, 1.807) is 7.11 Å². The molecule has 1 aromatic heterocycles. The predicted octanol–water partition coefficient (Wildman–Crippen LogP) is 3.25. The lowest BCUT2D eigenvalue weighted by Crippen LogP contribution is -2.46. The summed E-state index contributed by atoms with van der Waals surface area (Å²) in [5.74, 6) is 0.735. The smallest absolute Gasteiger partial charge is 0.242 e. The molecule has 6 nitrogen and oxygen atoms in total. The lowest BCUT2D eigenvalue weighted by Gasteiger charge is -2.31. The van der Waals surface area contributed by atoms with Gasteiger partial charge in [-0.3, -0.25) is 4.79 Å². The largest absolute Gasteiger partial charge is 0.495 e. The van der Waals surface area contributed by atoms with Crippen molar-refractivity contribution >= 4 is 33.5 Å². The van der Waals surface area contributed by atoms with Gasteiger partial charge in [-0.25, -0.2) is 0 Å². The second kappa shape index (κ2) is 6.88. The van der Waals surface area contributed by atoms with Crippen molar-refractivity contribution in [1.29, 1.82) is 0 Å². The van der Waals surface area contributed by atoms with Crippen molar-refractivity contribution in [3.63, 3.8) is 0 Å². The number of furan rings is 1. The quantitative estimate of drug-likeness (QED) is 0.779. The van der Waals surface area contributed by atoms with Gasteiger partial charge in [-0.2, -0.15) is 0 Å². The number of hydrogen-bond donors (Lipinski definition) is 1. The van der Waals surface area contributed by atoms with Crippen LogP contribution in [0.5, 0.6) is 5.75 Å². The van der Waals surface area contributed by atoms with Gasteiger partial charge in [-0.1, -0.05) is 18.2 Å². The van der Waals surface area contributed by atoms with Gasteiger partial charge >= 0.3 is 0 Å². The average molecular weight is 354 g/mol. The van der Waals surface area contributed by atoms with Gasteiger partial charge in [0.15, 0.2) is 0 Å². The van der Waals surface area contributed by atoms with E-state index in [2.05, 4.69) is 5.32 Å². The summed E-state index contributed by atoms with van der Waals surface area (Å²) in [6.45, 7) is 4.02. The Morgan fingerprint density at radius 3 is 2.92 bits per heavy atom. The van der Waals surface area contributed by atoms with E-state index in [1.165, 1.54) is 0 Å². The highest BCUT2D eigenvalue weighted by molar-refractivity contribution is 6.06. The van der Waals surface area contributed by atoms with E-state index in [4.69, 9.17) is 13.9 Å². The normalized spacial score (nSPS) is 17.6. The summed E-state index contributed by atoms with van der Waals surface area (Å²) < 4.78 is 16.9. The first-order valence-corrected chi connectivity index (χ1v) is 8.78. The molecule has 2 aromatic carbocycles. The number of anilines is 1. The lowest BCUT2D eigenvalue weighted by molar-refractivity contribution is -0.136. The van der Waals surface area contributed by atoms with Crippen molar-refractivity contribution in [3.05, 3.63) is 36.4 Å². The molecule has 136 valence electrons. The summed E-state index contributed by atoms with van der Waals surface area (Å²) in [6, 6.07) is 11.7. The van der Waals surface area contributed by atoms with Crippen LogP contribution in [0.3, 0.4) is 0 Å². The number of nitrogens with one attached hydrogen (secondary N) is 1. The van der Waals surface area contributed by atoms with Crippen LogP contribution >= 0.6 is 0 Å². The summed E-state index contributed by atoms with van der Waals surface area (Å²) in [6.07, 6.45) is 0.0779. The number of benzene rings is 2. The summed E-state index contributed by atoms with van der Waals surface area (Å²) in [5, 5.41) is 5.24. The number of rotatable bonds is 4. The molecule has 0 bridgehead atoms. The SMILES string of the molecule is COc1cc2c(cc1NCC(=O)N1CCO[C@@H](C)C1)oc1ccccc12. The summed E-state index contributed by atoms with van der Waals surface area (Å²) in [5.41, 5.74) is 2.34. The minimum atomic E-state index is 0.0481. The highest BCUT2D eigenvalue weighted by atomic mass is 16.5. The molecular formula is C20H22N2O4. The topological polar surface area (TPSA) is 63.9 Å². The van der Waals surface area contributed by atoms with E-state index >= 15 is 0 Å². The van der Waals surface area contributed by atoms with Crippen molar-refractivity contribution in [1.82, 2.24) is 4.90 Å². The van der Waals surface area contributed by atoms with Crippen LogP contribution in [0.15, 0.2) is 40.8 Å². The predicted molar refractivity (Wildman–Crippen MR) is 101 cm³/mol. The minimum Gasteiger partial charge on any atom is -0.495 e. The van der Waals surface area contributed by atoms with Gasteiger partial charge in [0.1, 0.15) is 16.9 Å². The molecule has 1 atom stereocenters. The molecule has 0 unspecified atom stereocenters. The Balaban J connectivity index is 1.57. The maximum atomic E-state index is 12.5. The summed E-state index contributed by atoms with van der Waals surface area (Å²) >= 11 is 0. The Labute approximate surface area is 151 Å². The van der Waals surface area contributed by atoms with Crippen LogP contribution in [0.1, 0.15) is 6.92 Å². The molecular weight excluding hydrogens is 332 g/mol. The summed E-state index contributed by atoms with van der Waals surface area (Å²) in [7, 11) is 1.63. The Bertz CT molecular complexity index is 950. The number of morpholine rings is 1. The molecule has 3 aromatic rings. The van der Waals surface area contributed by atoms with Gasteiger partial charge in [0.2, 0.25) is 5.91 Å². The first-order valence-electron chi connectivity index (χ1n) is 8.78. The number of amides is 1. The second-order valence-electron chi connectivity index (χ2n) is 6.52. The van der Waals surface area contributed by atoms with Gasteiger partial charge in [-0.05, 0) is 19.1 Å². The van der Waals surface area contributed by atoms with Gasteiger partial charge in [0.05, 0.1) is 32.1 Å². The number of carbonyl (C=O) groups is 1. The van der Waals surface area contributed by atoms with Crippen molar-refractivity contribution in [2.24, 2.45) is 0 Å². The van der Waals surface area contributed by atoms with Gasteiger partial charge in [0, 0.05) is 29.9 Å². The van der Waals surface area contributed by atoms with Gasteiger partial charge < -0.3 is 24.1 Å². The van der Waals surface area contributed by atoms with Gasteiger partial charge in [-0.15, -0.1) is 0 Å². The molecule has 1 aliphatic heterocycles. The molecule has 0 saturated carbocycles. The van der Waals surface area contributed by atoms with E-state index in [0.29, 0.717) is 25.4 Å². The molecule has 26 heavy (non-hydrogen) atoms. The number of para-hydroxylation sites is 1. The van der Waals surface area contributed by atoms with Crippen molar-refractivity contribution < 1.29 is 18.7 Å². The van der Waals surface area contributed by atoms with Gasteiger partial charge in [0.25, 0.3) is 0 Å². The molecule has 2 heterocycles. The third-order valence-corrected chi connectivity index (χ3v) is 4.72. The fourth-order valence-corrected chi connectivity index (χ4v) is 3.39. The van der Waals surface area contributed by atoms with E-state index in [-0.39, 0.29) is 18.6 Å². The van der Waals surface area contributed by atoms with E-state index in [0.717, 1.165) is 27.6 Å². The number of carbonyl (C=O) groups excluding carboxylic acids is 1. The Hall–Kier alpha value is -2.73. The van der Waals surface area contributed by atoms with Crippen molar-refractivity contribution in [2.75, 3.05) is 38.7 Å². The van der Waals surface area contributed by atoms with Crippen LogP contribution in [0.2, 0.25) is 0 Å². The molecule has 1 amide bonds.